The van der Waals surface area contributed by atoms with E-state index >= 15 is 0 Å². The van der Waals surface area contributed by atoms with E-state index in [-0.39, 0.29) is 36.3 Å². The predicted octanol–water partition coefficient (Wildman–Crippen LogP) is 10.4. The fraction of sp³-hybridized carbons (Fsp3) is 0.263. The molecule has 2 aliphatic rings. The van der Waals surface area contributed by atoms with E-state index in [1.807, 2.05) is 92.0 Å². The monoisotopic (exact) mass is 1020 g/mol. The largest absolute Gasteiger partial charge is 0.416 e. The molecule has 2 atom stereocenters. The van der Waals surface area contributed by atoms with Crippen molar-refractivity contribution < 1.29 is 35.9 Å². The van der Waals surface area contributed by atoms with Crippen LogP contribution in [0.15, 0.2) is 180 Å². The Labute approximate surface area is 426 Å². The standard InChI is InChI=1S/C57H59F6N9O2/c1-70(28-10-30-71-36-48(68-46-18-8-16-42(32-46)56(58,59)60)50(54(71)73)52(40-20-24-44(64)25-21-40)66-34-38-12-4-2-5-13-38)29-11-31-72-37-49(69-47-19-9-17-43(33-47)57(61,62)63)51(55(72)74)53(41-22-26-45(65)27-23-41)67-35-39-14-6-3-7-15-39/h2-9,12-27,32-33,52-53,66-69H,10-11,28-31,34-37,64-65H2,1H3/t52-,53-/m1/s1. The van der Waals surface area contributed by atoms with Gasteiger partial charge in [-0.2, -0.15) is 26.3 Å². The normalized spacial score (nSPS) is 15.1. The van der Waals surface area contributed by atoms with Crippen molar-refractivity contribution in [1.29, 1.82) is 0 Å². The van der Waals surface area contributed by atoms with Crippen LogP contribution < -0.4 is 32.7 Å². The van der Waals surface area contributed by atoms with Crippen LogP contribution in [0.25, 0.3) is 0 Å². The average molecular weight is 1020 g/mol. The third-order valence-corrected chi connectivity index (χ3v) is 13.1. The summed E-state index contributed by atoms with van der Waals surface area (Å²) in [6, 6.07) is 42.2. The predicted molar refractivity (Wildman–Crippen MR) is 278 cm³/mol. The zero-order valence-corrected chi connectivity index (χ0v) is 40.8. The third-order valence-electron chi connectivity index (χ3n) is 13.1. The van der Waals surface area contributed by atoms with Crippen molar-refractivity contribution in [3.05, 3.63) is 214 Å². The number of nitrogens with zero attached hydrogens (tertiary/aromatic N) is 3. The maximum Gasteiger partial charge on any atom is 0.416 e. The van der Waals surface area contributed by atoms with Gasteiger partial charge >= 0.3 is 12.4 Å². The summed E-state index contributed by atoms with van der Waals surface area (Å²) in [6.07, 6.45) is -8.01. The lowest BCUT2D eigenvalue weighted by atomic mass is 9.96. The SMILES string of the molecule is CN(CCCN1CC(Nc2cccc(C(F)(F)F)c2)=C([C@H](NCc2ccccc2)c2ccc(N)cc2)C1=O)CCCN1CC(Nc2cccc(C(F)(F)F)c2)=C([C@H](NCc2ccccc2)c2ccc(N)cc2)C1=O. The number of amides is 2. The summed E-state index contributed by atoms with van der Waals surface area (Å²) in [5.74, 6) is -0.518. The lowest BCUT2D eigenvalue weighted by molar-refractivity contribution is -0.138. The highest BCUT2D eigenvalue weighted by Crippen LogP contribution is 2.37. The van der Waals surface area contributed by atoms with Crippen LogP contribution in [0.3, 0.4) is 0 Å². The number of carbonyl (C=O) groups excluding carboxylic acids is 2. The number of alkyl halides is 6. The first-order valence-corrected chi connectivity index (χ1v) is 24.4. The molecule has 0 aliphatic carbocycles. The van der Waals surface area contributed by atoms with E-state index in [4.69, 9.17) is 11.5 Å². The van der Waals surface area contributed by atoms with E-state index in [1.165, 1.54) is 12.1 Å². The minimum atomic E-state index is -4.57. The molecule has 0 radical (unpaired) electrons. The van der Waals surface area contributed by atoms with Gasteiger partial charge in [0.1, 0.15) is 0 Å². The number of halogens is 6. The molecule has 2 aliphatic heterocycles. The fourth-order valence-electron chi connectivity index (χ4n) is 9.32. The van der Waals surface area contributed by atoms with Crippen LogP contribution in [0.4, 0.5) is 49.1 Å². The number of nitrogen functional groups attached to an aromatic ring is 2. The van der Waals surface area contributed by atoms with Gasteiger partial charge in [0.25, 0.3) is 11.8 Å². The molecule has 0 fully saturated rings. The lowest BCUT2D eigenvalue weighted by Crippen LogP contribution is -2.35. The zero-order chi connectivity index (χ0) is 52.4. The van der Waals surface area contributed by atoms with Gasteiger partial charge in [0.2, 0.25) is 0 Å². The highest BCUT2D eigenvalue weighted by Gasteiger charge is 2.39. The molecule has 11 nitrogen and oxygen atoms in total. The average Bonchev–Trinajstić information content (AvgIpc) is 3.85. The molecule has 8 N–H and O–H groups in total. The molecule has 17 heteroatoms. The van der Waals surface area contributed by atoms with Crippen LogP contribution in [0.2, 0.25) is 0 Å². The minimum Gasteiger partial charge on any atom is -0.399 e. The Balaban J connectivity index is 0.952. The van der Waals surface area contributed by atoms with E-state index in [2.05, 4.69) is 26.2 Å². The van der Waals surface area contributed by atoms with Gasteiger partial charge in [-0.25, -0.2) is 0 Å². The first kappa shape index (κ1) is 52.7. The summed E-state index contributed by atoms with van der Waals surface area (Å²) < 4.78 is 83.0. The second-order valence-corrected chi connectivity index (χ2v) is 18.6. The van der Waals surface area contributed by atoms with Crippen LogP contribution in [0.5, 0.6) is 0 Å². The molecule has 8 rings (SSSR count). The van der Waals surface area contributed by atoms with Gasteiger partial charge in [-0.15, -0.1) is 0 Å². The number of nitrogens with two attached hydrogens (primary N) is 2. The zero-order valence-electron chi connectivity index (χ0n) is 40.8. The maximum atomic E-state index is 14.6. The molecule has 0 spiro atoms. The number of anilines is 4. The van der Waals surface area contributed by atoms with Crippen LogP contribution >= 0.6 is 0 Å². The Bertz CT molecular complexity index is 2730. The highest BCUT2D eigenvalue weighted by atomic mass is 19.4. The van der Waals surface area contributed by atoms with Crippen molar-refractivity contribution in [3.8, 4) is 0 Å². The molecule has 0 saturated heterocycles. The van der Waals surface area contributed by atoms with Crippen molar-refractivity contribution in [2.24, 2.45) is 0 Å². The van der Waals surface area contributed by atoms with E-state index in [1.54, 1.807) is 46.2 Å². The van der Waals surface area contributed by atoms with Gasteiger partial charge in [0.05, 0.1) is 47.4 Å². The molecule has 2 heterocycles. The Kier molecular flexibility index (Phi) is 16.8. The summed E-state index contributed by atoms with van der Waals surface area (Å²) in [5, 5.41) is 13.5. The fourth-order valence-corrected chi connectivity index (χ4v) is 9.32. The van der Waals surface area contributed by atoms with Crippen molar-refractivity contribution in [2.75, 3.05) is 68.4 Å². The molecule has 2 amide bonds. The number of hydrogen-bond acceptors (Lipinski definition) is 9. The van der Waals surface area contributed by atoms with Gasteiger partial charge in [-0.1, -0.05) is 97.1 Å². The van der Waals surface area contributed by atoms with Crippen molar-refractivity contribution >= 4 is 34.6 Å². The van der Waals surface area contributed by atoms with Gasteiger partial charge < -0.3 is 47.4 Å². The summed E-state index contributed by atoms with van der Waals surface area (Å²) >= 11 is 0. The van der Waals surface area contributed by atoms with Crippen LogP contribution in [0, 0.1) is 0 Å². The van der Waals surface area contributed by atoms with Crippen molar-refractivity contribution in [3.63, 3.8) is 0 Å². The first-order chi connectivity index (χ1) is 35.5. The molecular formula is C57H59F6N9O2. The smallest absolute Gasteiger partial charge is 0.399 e. The molecule has 74 heavy (non-hydrogen) atoms. The molecule has 0 saturated carbocycles. The Morgan fingerprint density at radius 2 is 0.905 bits per heavy atom. The Morgan fingerprint density at radius 1 is 0.527 bits per heavy atom. The molecule has 0 unspecified atom stereocenters. The highest BCUT2D eigenvalue weighted by molar-refractivity contribution is 6.00. The summed E-state index contributed by atoms with van der Waals surface area (Å²) in [6.45, 7) is 2.91. The first-order valence-electron chi connectivity index (χ1n) is 24.4. The lowest BCUT2D eigenvalue weighted by Gasteiger charge is -2.24. The number of nitrogens with one attached hydrogen (secondary N) is 4. The summed E-state index contributed by atoms with van der Waals surface area (Å²) in [7, 11) is 1.95. The molecule has 0 bridgehead atoms. The molecular weight excluding hydrogens is 957 g/mol. The van der Waals surface area contributed by atoms with Gasteiger partial charge in [-0.3, -0.25) is 9.59 Å². The minimum absolute atomic E-state index is 0.132. The van der Waals surface area contributed by atoms with Crippen molar-refractivity contribution in [1.82, 2.24) is 25.3 Å². The van der Waals surface area contributed by atoms with E-state index in [0.29, 0.717) is 86.0 Å². The third kappa shape index (κ3) is 13.5. The van der Waals surface area contributed by atoms with Gasteiger partial charge in [-0.05, 0) is 116 Å². The topological polar surface area (TPSA) is 144 Å². The molecule has 6 aromatic rings. The second-order valence-electron chi connectivity index (χ2n) is 18.6. The van der Waals surface area contributed by atoms with Gasteiger partial charge in [0.15, 0.2) is 0 Å². The summed E-state index contributed by atoms with van der Waals surface area (Å²) in [5.41, 5.74) is 17.1. The van der Waals surface area contributed by atoms with Crippen LogP contribution in [0.1, 0.15) is 58.3 Å². The molecule has 0 aromatic heterocycles. The van der Waals surface area contributed by atoms with E-state index in [9.17, 15) is 35.9 Å². The van der Waals surface area contributed by atoms with Gasteiger partial charge in [0, 0.05) is 60.3 Å². The van der Waals surface area contributed by atoms with Crippen LogP contribution in [-0.2, 0) is 35.0 Å². The van der Waals surface area contributed by atoms with Crippen molar-refractivity contribution in [2.45, 2.75) is 50.4 Å². The van der Waals surface area contributed by atoms with E-state index < -0.39 is 35.6 Å². The number of carbonyl (C=O) groups is 2. The van der Waals surface area contributed by atoms with E-state index in [0.717, 1.165) is 46.5 Å². The Hall–Kier alpha value is -7.60. The van der Waals surface area contributed by atoms with Crippen LogP contribution in [-0.4, -0.2) is 72.8 Å². The number of hydrogen-bond donors (Lipinski definition) is 6. The molecule has 6 aromatic carbocycles. The number of rotatable bonds is 22. The maximum absolute atomic E-state index is 14.6. The quantitative estimate of drug-likeness (QED) is 0.0289. The Morgan fingerprint density at radius 3 is 1.27 bits per heavy atom. The second kappa shape index (κ2) is 23.5. The number of benzene rings is 6. The molecule has 386 valence electrons. The summed E-state index contributed by atoms with van der Waals surface area (Å²) in [4.78, 5) is 34.7.